The van der Waals surface area contributed by atoms with Crippen molar-refractivity contribution in [3.05, 3.63) is 59.4 Å². The van der Waals surface area contributed by atoms with Crippen molar-refractivity contribution in [1.29, 1.82) is 0 Å². The van der Waals surface area contributed by atoms with Crippen LogP contribution in [-0.2, 0) is 15.6 Å². The maximum Gasteiger partial charge on any atom is 0.182 e. The summed E-state index contributed by atoms with van der Waals surface area (Å²) in [6.45, 7) is 1.76. The summed E-state index contributed by atoms with van der Waals surface area (Å²) in [7, 11) is -3.44. The lowest BCUT2D eigenvalue weighted by molar-refractivity contribution is 0.594. The molecule has 0 aliphatic heterocycles. The van der Waals surface area contributed by atoms with E-state index in [1.165, 1.54) is 30.3 Å². The number of benzene rings is 2. The summed E-state index contributed by atoms with van der Waals surface area (Å²) in [5, 5.41) is 0. The van der Waals surface area contributed by atoms with Crippen LogP contribution in [0.5, 0.6) is 0 Å². The molecule has 0 bridgehead atoms. The van der Waals surface area contributed by atoms with Crippen LogP contribution in [0.25, 0.3) is 0 Å². The number of aryl methyl sites for hydroxylation is 1. The highest BCUT2D eigenvalue weighted by molar-refractivity contribution is 7.90. The van der Waals surface area contributed by atoms with E-state index in [0.29, 0.717) is 11.3 Å². The summed E-state index contributed by atoms with van der Waals surface area (Å²) in [4.78, 5) is 0.225. The Morgan fingerprint density at radius 3 is 2.32 bits per heavy atom. The topological polar surface area (TPSA) is 60.2 Å². The van der Waals surface area contributed by atoms with Gasteiger partial charge >= 0.3 is 0 Å². The van der Waals surface area contributed by atoms with Gasteiger partial charge in [0.2, 0.25) is 0 Å². The molecule has 0 fully saturated rings. The van der Waals surface area contributed by atoms with Gasteiger partial charge in [0.15, 0.2) is 9.84 Å². The zero-order valence-corrected chi connectivity index (χ0v) is 11.2. The zero-order chi connectivity index (χ0) is 14.0. The number of hydrogen-bond donors (Lipinski definition) is 1. The normalized spacial score (nSPS) is 11.5. The average molecular weight is 279 g/mol. The van der Waals surface area contributed by atoms with Gasteiger partial charge in [-0.1, -0.05) is 12.1 Å². The highest BCUT2D eigenvalue weighted by atomic mass is 32.2. The predicted octanol–water partition coefficient (Wildman–Crippen LogP) is 2.69. The summed E-state index contributed by atoms with van der Waals surface area (Å²) >= 11 is 0. The number of hydrogen-bond acceptors (Lipinski definition) is 3. The van der Waals surface area contributed by atoms with Crippen molar-refractivity contribution in [3.8, 4) is 0 Å². The second kappa shape index (κ2) is 5.01. The molecule has 0 saturated heterocycles. The van der Waals surface area contributed by atoms with E-state index in [1.807, 2.05) is 0 Å². The maximum absolute atomic E-state index is 12.8. The molecule has 5 heteroatoms. The number of rotatable bonds is 3. The van der Waals surface area contributed by atoms with Gasteiger partial charge in [0, 0.05) is 5.69 Å². The first-order chi connectivity index (χ1) is 8.88. The second-order valence-electron chi connectivity index (χ2n) is 4.40. The molecule has 0 aromatic heterocycles. The van der Waals surface area contributed by atoms with E-state index in [-0.39, 0.29) is 16.5 Å². The number of anilines is 1. The van der Waals surface area contributed by atoms with E-state index in [4.69, 9.17) is 5.73 Å². The quantitative estimate of drug-likeness (QED) is 0.879. The van der Waals surface area contributed by atoms with E-state index in [9.17, 15) is 12.8 Å². The number of halogens is 1. The Morgan fingerprint density at radius 1 is 1.11 bits per heavy atom. The van der Waals surface area contributed by atoms with E-state index in [1.54, 1.807) is 19.1 Å². The lowest BCUT2D eigenvalue weighted by Crippen LogP contribution is -2.06. The molecule has 3 nitrogen and oxygen atoms in total. The molecule has 0 heterocycles. The highest BCUT2D eigenvalue weighted by Gasteiger charge is 2.16. The molecule has 100 valence electrons. The van der Waals surface area contributed by atoms with Crippen LogP contribution in [0.4, 0.5) is 10.1 Å². The first-order valence-electron chi connectivity index (χ1n) is 5.72. The van der Waals surface area contributed by atoms with Crippen LogP contribution < -0.4 is 5.73 Å². The Balaban J connectivity index is 2.32. The Labute approximate surface area is 111 Å². The zero-order valence-electron chi connectivity index (χ0n) is 10.4. The largest absolute Gasteiger partial charge is 0.399 e. The molecule has 2 aromatic rings. The first-order valence-corrected chi connectivity index (χ1v) is 7.37. The Morgan fingerprint density at radius 2 is 1.74 bits per heavy atom. The molecular weight excluding hydrogens is 265 g/mol. The van der Waals surface area contributed by atoms with Gasteiger partial charge in [-0.2, -0.15) is 0 Å². The lowest BCUT2D eigenvalue weighted by atomic mass is 10.2. The Hall–Kier alpha value is -1.88. The number of sulfone groups is 1. The van der Waals surface area contributed by atoms with Crippen molar-refractivity contribution in [2.24, 2.45) is 0 Å². The molecule has 2 rings (SSSR count). The molecule has 0 atom stereocenters. The van der Waals surface area contributed by atoms with Gasteiger partial charge in [0.25, 0.3) is 0 Å². The monoisotopic (exact) mass is 279 g/mol. The molecule has 19 heavy (non-hydrogen) atoms. The molecule has 0 aliphatic carbocycles. The van der Waals surface area contributed by atoms with Crippen LogP contribution in [0.3, 0.4) is 0 Å². The van der Waals surface area contributed by atoms with E-state index >= 15 is 0 Å². The van der Waals surface area contributed by atoms with Gasteiger partial charge in [-0.15, -0.1) is 0 Å². The molecule has 2 aromatic carbocycles. The van der Waals surface area contributed by atoms with E-state index in [0.717, 1.165) is 5.56 Å². The van der Waals surface area contributed by atoms with Crippen molar-refractivity contribution in [1.82, 2.24) is 0 Å². The highest BCUT2D eigenvalue weighted by Crippen LogP contribution is 2.20. The van der Waals surface area contributed by atoms with Crippen LogP contribution in [0, 0.1) is 12.7 Å². The molecule has 2 N–H and O–H groups in total. The van der Waals surface area contributed by atoms with Gasteiger partial charge in [-0.3, -0.25) is 0 Å². The van der Waals surface area contributed by atoms with Crippen LogP contribution in [0.1, 0.15) is 11.1 Å². The molecule has 0 spiro atoms. The van der Waals surface area contributed by atoms with Crippen LogP contribution in [0.15, 0.2) is 47.4 Å². The standard InChI is InChI=1S/C14H14FNO2S/c1-10-8-13(6-7-14(10)16)19(17,18)9-11-2-4-12(15)5-3-11/h2-8H,9,16H2,1H3. The minimum Gasteiger partial charge on any atom is -0.399 e. The van der Waals surface area contributed by atoms with Gasteiger partial charge in [0.1, 0.15) is 5.82 Å². The Kier molecular flexibility index (Phi) is 3.57. The van der Waals surface area contributed by atoms with Crippen molar-refractivity contribution in [2.75, 3.05) is 5.73 Å². The van der Waals surface area contributed by atoms with Crippen LogP contribution in [0.2, 0.25) is 0 Å². The fraction of sp³-hybridized carbons (Fsp3) is 0.143. The van der Waals surface area contributed by atoms with Crippen molar-refractivity contribution in [3.63, 3.8) is 0 Å². The lowest BCUT2D eigenvalue weighted by Gasteiger charge is -2.07. The summed E-state index contributed by atoms with van der Waals surface area (Å²) in [6.07, 6.45) is 0. The van der Waals surface area contributed by atoms with Crippen LogP contribution in [-0.4, -0.2) is 8.42 Å². The summed E-state index contributed by atoms with van der Waals surface area (Å²) in [5.74, 6) is -0.541. The average Bonchev–Trinajstić information content (AvgIpc) is 2.35. The minimum absolute atomic E-state index is 0.156. The van der Waals surface area contributed by atoms with E-state index < -0.39 is 9.84 Å². The van der Waals surface area contributed by atoms with E-state index in [2.05, 4.69) is 0 Å². The molecule has 0 saturated carbocycles. The smallest absolute Gasteiger partial charge is 0.182 e. The van der Waals surface area contributed by atoms with Gasteiger partial charge in [-0.05, 0) is 48.4 Å². The van der Waals surface area contributed by atoms with Crippen molar-refractivity contribution in [2.45, 2.75) is 17.6 Å². The molecule has 0 unspecified atom stereocenters. The van der Waals surface area contributed by atoms with Crippen molar-refractivity contribution < 1.29 is 12.8 Å². The minimum atomic E-state index is -3.44. The molecule has 0 amide bonds. The van der Waals surface area contributed by atoms with Gasteiger partial charge < -0.3 is 5.73 Å². The third kappa shape index (κ3) is 3.12. The summed E-state index contributed by atoms with van der Waals surface area (Å²) in [5.41, 5.74) is 7.50. The fourth-order valence-electron chi connectivity index (χ4n) is 1.73. The molecular formula is C14H14FNO2S. The van der Waals surface area contributed by atoms with Crippen molar-refractivity contribution >= 4 is 15.5 Å². The third-order valence-electron chi connectivity index (χ3n) is 2.87. The number of nitrogens with two attached hydrogens (primary N) is 1. The third-order valence-corrected chi connectivity index (χ3v) is 4.56. The number of nitrogen functional groups attached to an aromatic ring is 1. The van der Waals surface area contributed by atoms with Crippen LogP contribution >= 0.6 is 0 Å². The molecule has 0 radical (unpaired) electrons. The Bertz CT molecular complexity index is 694. The second-order valence-corrected chi connectivity index (χ2v) is 6.39. The summed E-state index contributed by atoms with van der Waals surface area (Å²) < 4.78 is 37.2. The maximum atomic E-state index is 12.8. The SMILES string of the molecule is Cc1cc(S(=O)(=O)Cc2ccc(F)cc2)ccc1N. The molecule has 0 aliphatic rings. The van der Waals surface area contributed by atoms with Gasteiger partial charge in [0.05, 0.1) is 10.6 Å². The first kappa shape index (κ1) is 13.5. The predicted molar refractivity (Wildman–Crippen MR) is 72.9 cm³/mol. The summed E-state index contributed by atoms with van der Waals surface area (Å²) in [6, 6.07) is 10.1. The van der Waals surface area contributed by atoms with Gasteiger partial charge in [-0.25, -0.2) is 12.8 Å². The fourth-order valence-corrected chi connectivity index (χ4v) is 3.15.